The van der Waals surface area contributed by atoms with Crippen LogP contribution >= 0.6 is 0 Å². The van der Waals surface area contributed by atoms with Crippen LogP contribution in [0, 0.1) is 5.92 Å². The van der Waals surface area contributed by atoms with Crippen LogP contribution in [0.1, 0.15) is 33.1 Å². The van der Waals surface area contributed by atoms with Crippen LogP contribution in [-0.4, -0.2) is 16.3 Å². The van der Waals surface area contributed by atoms with Crippen molar-refractivity contribution in [2.45, 2.75) is 38.4 Å². The summed E-state index contributed by atoms with van der Waals surface area (Å²) in [6, 6.07) is 0. The molecule has 0 aliphatic rings. The molecule has 0 nitrogen and oxygen atoms in total. The van der Waals surface area contributed by atoms with Gasteiger partial charge in [0.25, 0.3) is 0 Å². The third-order valence-electron chi connectivity index (χ3n) is 1.45. The summed E-state index contributed by atoms with van der Waals surface area (Å²) >= 11 is 2.79. The van der Waals surface area contributed by atoms with E-state index >= 15 is 0 Å². The first kappa shape index (κ1) is 8.53. The molecular formula is C7H15Al+2. The van der Waals surface area contributed by atoms with E-state index in [1.165, 1.54) is 24.5 Å². The van der Waals surface area contributed by atoms with Crippen LogP contribution in [0.4, 0.5) is 0 Å². The molecule has 0 N–H and O–H groups in total. The van der Waals surface area contributed by atoms with E-state index in [0.29, 0.717) is 0 Å². The number of rotatable bonds is 4. The molecule has 0 aromatic heterocycles. The fourth-order valence-electron chi connectivity index (χ4n) is 0.670. The molecule has 0 aromatic carbocycles. The Kier molecular flexibility index (Phi) is 6.04. The molecule has 0 fully saturated rings. The minimum atomic E-state index is 0.917. The van der Waals surface area contributed by atoms with Gasteiger partial charge >= 0.3 is 60.6 Å². The summed E-state index contributed by atoms with van der Waals surface area (Å²) in [6.07, 6.45) is 4.14. The van der Waals surface area contributed by atoms with Gasteiger partial charge in [-0.05, 0) is 0 Å². The average molecular weight is 126 g/mol. The van der Waals surface area contributed by atoms with Crippen molar-refractivity contribution in [3.05, 3.63) is 0 Å². The van der Waals surface area contributed by atoms with Crippen molar-refractivity contribution in [3.63, 3.8) is 0 Å². The van der Waals surface area contributed by atoms with Crippen molar-refractivity contribution in [3.8, 4) is 0 Å². The summed E-state index contributed by atoms with van der Waals surface area (Å²) in [5.41, 5.74) is 0. The van der Waals surface area contributed by atoms with E-state index in [2.05, 4.69) is 30.1 Å². The van der Waals surface area contributed by atoms with E-state index in [-0.39, 0.29) is 0 Å². The summed E-state index contributed by atoms with van der Waals surface area (Å²) in [7, 11) is 0. The Morgan fingerprint density at radius 3 is 2.50 bits per heavy atom. The Morgan fingerprint density at radius 1 is 1.50 bits per heavy atom. The van der Waals surface area contributed by atoms with Crippen LogP contribution < -0.4 is 0 Å². The molecule has 0 amide bonds. The van der Waals surface area contributed by atoms with Crippen LogP contribution in [0.15, 0.2) is 0 Å². The molecule has 0 saturated heterocycles. The SMILES string of the molecule is CCCCC(C)[CH2][Al+2]. The number of hydrogen-bond acceptors (Lipinski definition) is 0. The molecule has 0 bridgehead atoms. The molecule has 1 atom stereocenters. The zero-order chi connectivity index (χ0) is 6.41. The number of unbranched alkanes of at least 4 members (excludes halogenated alkanes) is 1. The minimum absolute atomic E-state index is 0.917. The fraction of sp³-hybridized carbons (Fsp3) is 1.00. The molecular weight excluding hydrogens is 111 g/mol. The van der Waals surface area contributed by atoms with Crippen molar-refractivity contribution in [1.29, 1.82) is 0 Å². The van der Waals surface area contributed by atoms with Crippen LogP contribution in [0.5, 0.6) is 0 Å². The predicted octanol–water partition coefficient (Wildman–Crippen LogP) is 2.40. The molecule has 0 aliphatic carbocycles. The summed E-state index contributed by atoms with van der Waals surface area (Å²) in [4.78, 5) is 0. The van der Waals surface area contributed by atoms with Crippen LogP contribution in [0.3, 0.4) is 0 Å². The quantitative estimate of drug-likeness (QED) is 0.507. The first-order valence-electron chi connectivity index (χ1n) is 3.51. The van der Waals surface area contributed by atoms with Gasteiger partial charge in [-0.2, -0.15) is 0 Å². The zero-order valence-corrected chi connectivity index (χ0v) is 7.14. The second-order valence-electron chi connectivity index (χ2n) is 2.48. The Hall–Kier alpha value is 0.532. The van der Waals surface area contributed by atoms with Gasteiger partial charge in [0, 0.05) is 0 Å². The van der Waals surface area contributed by atoms with Crippen molar-refractivity contribution in [2.24, 2.45) is 5.92 Å². The predicted molar refractivity (Wildman–Crippen MR) is 39.3 cm³/mol. The second-order valence-corrected chi connectivity index (χ2v) is 2.95. The van der Waals surface area contributed by atoms with Gasteiger partial charge < -0.3 is 0 Å². The van der Waals surface area contributed by atoms with Gasteiger partial charge in [0.15, 0.2) is 0 Å². The monoisotopic (exact) mass is 126 g/mol. The van der Waals surface area contributed by atoms with Crippen LogP contribution in [-0.2, 0) is 0 Å². The molecule has 0 radical (unpaired) electrons. The second kappa shape index (κ2) is 5.67. The third kappa shape index (κ3) is 4.69. The van der Waals surface area contributed by atoms with Gasteiger partial charge in [-0.25, -0.2) is 0 Å². The summed E-state index contributed by atoms with van der Waals surface area (Å²) in [6.45, 7) is 4.55. The van der Waals surface area contributed by atoms with E-state index < -0.39 is 0 Å². The van der Waals surface area contributed by atoms with Gasteiger partial charge in [0.1, 0.15) is 0 Å². The Balaban J connectivity index is 2.86. The topological polar surface area (TPSA) is 0 Å². The Bertz CT molecular complexity index is 43.7. The molecule has 0 rings (SSSR count). The first-order chi connectivity index (χ1) is 3.81. The van der Waals surface area contributed by atoms with Crippen molar-refractivity contribution in [2.75, 3.05) is 0 Å². The molecule has 0 saturated carbocycles. The fourth-order valence-corrected chi connectivity index (χ4v) is 0.906. The van der Waals surface area contributed by atoms with Gasteiger partial charge in [-0.3, -0.25) is 0 Å². The average Bonchev–Trinajstić information content (AvgIpc) is 1.83. The molecule has 0 aliphatic heterocycles. The summed E-state index contributed by atoms with van der Waals surface area (Å²) in [5, 5.41) is 1.26. The van der Waals surface area contributed by atoms with Gasteiger partial charge in [0.2, 0.25) is 0 Å². The summed E-state index contributed by atoms with van der Waals surface area (Å²) < 4.78 is 0. The van der Waals surface area contributed by atoms with E-state index in [0.717, 1.165) is 5.92 Å². The van der Waals surface area contributed by atoms with Gasteiger partial charge in [-0.15, -0.1) is 0 Å². The number of hydrogen-bond donors (Lipinski definition) is 0. The molecule has 8 heavy (non-hydrogen) atoms. The molecule has 0 spiro atoms. The van der Waals surface area contributed by atoms with Crippen LogP contribution in [0.2, 0.25) is 5.28 Å². The van der Waals surface area contributed by atoms with E-state index in [9.17, 15) is 0 Å². The first-order valence-corrected chi connectivity index (χ1v) is 4.33. The molecule has 1 unspecified atom stereocenters. The maximum atomic E-state index is 2.79. The van der Waals surface area contributed by atoms with Crippen molar-refractivity contribution < 1.29 is 0 Å². The summed E-state index contributed by atoms with van der Waals surface area (Å²) in [5.74, 6) is 0.917. The van der Waals surface area contributed by atoms with E-state index in [4.69, 9.17) is 0 Å². The Morgan fingerprint density at radius 2 is 2.12 bits per heavy atom. The third-order valence-corrected chi connectivity index (χ3v) is 2.26. The normalized spacial score (nSPS) is 14.0. The molecule has 0 aromatic rings. The van der Waals surface area contributed by atoms with E-state index in [1.54, 1.807) is 0 Å². The maximum absolute atomic E-state index is 2.79. The molecule has 44 valence electrons. The Labute approximate surface area is 61.1 Å². The van der Waals surface area contributed by atoms with Crippen molar-refractivity contribution >= 4 is 16.3 Å². The molecule has 1 heteroatoms. The van der Waals surface area contributed by atoms with E-state index in [1.807, 2.05) is 0 Å². The zero-order valence-electron chi connectivity index (χ0n) is 5.98. The van der Waals surface area contributed by atoms with Gasteiger partial charge in [-0.1, -0.05) is 0 Å². The van der Waals surface area contributed by atoms with Crippen molar-refractivity contribution in [1.82, 2.24) is 0 Å². The van der Waals surface area contributed by atoms with Crippen LogP contribution in [0.25, 0.3) is 0 Å². The van der Waals surface area contributed by atoms with Gasteiger partial charge in [0.05, 0.1) is 0 Å². The molecule has 0 heterocycles. The standard InChI is InChI=1S/C7H15.Al/c1-4-5-6-7(2)3;/h7H,2,4-6H2,1,3H3;/q;+2.